The van der Waals surface area contributed by atoms with Crippen LogP contribution in [0.25, 0.3) is 0 Å². The van der Waals surface area contributed by atoms with E-state index in [0.717, 1.165) is 23.6 Å². The van der Waals surface area contributed by atoms with Gasteiger partial charge in [0.25, 0.3) is 0 Å². The highest BCUT2D eigenvalue weighted by molar-refractivity contribution is 7.99. The quantitative estimate of drug-likeness (QED) is 0.756. The van der Waals surface area contributed by atoms with E-state index in [1.807, 2.05) is 19.1 Å². The third-order valence-electron chi connectivity index (χ3n) is 2.34. The van der Waals surface area contributed by atoms with Crippen LogP contribution in [0.3, 0.4) is 0 Å². The van der Waals surface area contributed by atoms with Crippen LogP contribution in [0.15, 0.2) is 23.1 Å². The molecule has 1 unspecified atom stereocenters. The topological polar surface area (TPSA) is 32.3 Å². The van der Waals surface area contributed by atoms with Crippen molar-refractivity contribution in [3.05, 3.63) is 28.2 Å². The predicted molar refractivity (Wildman–Crippen MR) is 76.4 cm³/mol. The monoisotopic (exact) mass is 293 g/mol. The van der Waals surface area contributed by atoms with E-state index in [2.05, 4.69) is 5.32 Å². The molecule has 0 heterocycles. The number of halogens is 2. The van der Waals surface area contributed by atoms with Crippen LogP contribution in [-0.4, -0.2) is 30.1 Å². The molecule has 1 aromatic carbocycles. The Bertz CT molecular complexity index is 349. The fourth-order valence-electron chi connectivity index (χ4n) is 1.43. The van der Waals surface area contributed by atoms with Crippen LogP contribution < -0.4 is 5.32 Å². The molecule has 2 nitrogen and oxygen atoms in total. The van der Waals surface area contributed by atoms with E-state index in [4.69, 9.17) is 28.3 Å². The Kier molecular flexibility index (Phi) is 7.32. The highest BCUT2D eigenvalue weighted by atomic mass is 35.5. The molecule has 1 aromatic rings. The van der Waals surface area contributed by atoms with Crippen LogP contribution in [0.5, 0.6) is 0 Å². The molecular formula is C12H17Cl2NOS. The summed E-state index contributed by atoms with van der Waals surface area (Å²) < 4.78 is 0. The molecule has 17 heavy (non-hydrogen) atoms. The van der Waals surface area contributed by atoms with Gasteiger partial charge in [0, 0.05) is 10.9 Å². The molecule has 96 valence electrons. The molecule has 2 N–H and O–H groups in total. The van der Waals surface area contributed by atoms with Crippen molar-refractivity contribution in [2.75, 3.05) is 18.9 Å². The summed E-state index contributed by atoms with van der Waals surface area (Å²) in [5.41, 5.74) is 0. The molecule has 0 aliphatic carbocycles. The van der Waals surface area contributed by atoms with Gasteiger partial charge >= 0.3 is 0 Å². The highest BCUT2D eigenvalue weighted by Crippen LogP contribution is 2.28. The summed E-state index contributed by atoms with van der Waals surface area (Å²) in [6, 6.07) is 5.81. The van der Waals surface area contributed by atoms with Crippen LogP contribution >= 0.6 is 35.0 Å². The molecule has 1 atom stereocenters. The normalized spacial score (nSPS) is 12.7. The largest absolute Gasteiger partial charge is 0.395 e. The number of hydrogen-bond acceptors (Lipinski definition) is 3. The molecule has 0 bridgehead atoms. The van der Waals surface area contributed by atoms with Crippen molar-refractivity contribution in [3.8, 4) is 0 Å². The molecular weight excluding hydrogens is 277 g/mol. The van der Waals surface area contributed by atoms with Gasteiger partial charge in [0.15, 0.2) is 0 Å². The van der Waals surface area contributed by atoms with E-state index in [1.54, 1.807) is 17.8 Å². The lowest BCUT2D eigenvalue weighted by Crippen LogP contribution is -2.32. The number of hydrogen-bond donors (Lipinski definition) is 2. The fourth-order valence-corrected chi connectivity index (χ4v) is 2.80. The first-order valence-corrected chi connectivity index (χ1v) is 7.33. The Morgan fingerprint density at radius 2 is 2.12 bits per heavy atom. The van der Waals surface area contributed by atoms with Crippen molar-refractivity contribution < 1.29 is 5.11 Å². The van der Waals surface area contributed by atoms with Crippen molar-refractivity contribution in [2.24, 2.45) is 0 Å². The summed E-state index contributed by atoms with van der Waals surface area (Å²) in [6.45, 7) is 3.09. The second kappa shape index (κ2) is 8.22. The molecule has 0 aliphatic heterocycles. The number of rotatable bonds is 7. The lowest BCUT2D eigenvalue weighted by molar-refractivity contribution is 0.242. The SMILES string of the molecule is CCNC(CO)CCSc1ccc(Cl)c(Cl)c1. The first-order chi connectivity index (χ1) is 8.17. The molecule has 0 saturated heterocycles. The second-order valence-electron chi connectivity index (χ2n) is 3.65. The Morgan fingerprint density at radius 1 is 1.35 bits per heavy atom. The van der Waals surface area contributed by atoms with E-state index in [0.29, 0.717) is 10.0 Å². The maximum Gasteiger partial charge on any atom is 0.0603 e. The average molecular weight is 294 g/mol. The first kappa shape index (κ1) is 15.1. The molecule has 1 rings (SSSR count). The molecule has 0 saturated carbocycles. The maximum absolute atomic E-state index is 9.12. The van der Waals surface area contributed by atoms with Gasteiger partial charge in [-0.1, -0.05) is 30.1 Å². The number of likely N-dealkylation sites (N-methyl/N-ethyl adjacent to an activating group) is 1. The van der Waals surface area contributed by atoms with Crippen LogP contribution in [0.2, 0.25) is 10.0 Å². The second-order valence-corrected chi connectivity index (χ2v) is 5.63. The van der Waals surface area contributed by atoms with Crippen LogP contribution in [0.1, 0.15) is 13.3 Å². The first-order valence-electron chi connectivity index (χ1n) is 5.59. The summed E-state index contributed by atoms with van der Waals surface area (Å²) in [6.07, 6.45) is 0.926. The van der Waals surface area contributed by atoms with E-state index in [-0.39, 0.29) is 12.6 Å². The molecule has 0 amide bonds. The number of aliphatic hydroxyl groups excluding tert-OH is 1. The van der Waals surface area contributed by atoms with Gasteiger partial charge in [0.05, 0.1) is 16.7 Å². The van der Waals surface area contributed by atoms with E-state index >= 15 is 0 Å². The zero-order valence-corrected chi connectivity index (χ0v) is 12.1. The van der Waals surface area contributed by atoms with Gasteiger partial charge in [0.1, 0.15) is 0 Å². The lowest BCUT2D eigenvalue weighted by Gasteiger charge is -2.14. The van der Waals surface area contributed by atoms with Crippen LogP contribution in [0.4, 0.5) is 0 Å². The van der Waals surface area contributed by atoms with E-state index < -0.39 is 0 Å². The van der Waals surface area contributed by atoms with E-state index in [1.165, 1.54) is 0 Å². The molecule has 0 spiro atoms. The maximum atomic E-state index is 9.12. The van der Waals surface area contributed by atoms with Gasteiger partial charge < -0.3 is 10.4 Å². The van der Waals surface area contributed by atoms with Crippen LogP contribution in [-0.2, 0) is 0 Å². The van der Waals surface area contributed by atoms with E-state index in [9.17, 15) is 0 Å². The number of aliphatic hydroxyl groups is 1. The minimum atomic E-state index is 0.176. The van der Waals surface area contributed by atoms with Crippen molar-refractivity contribution in [3.63, 3.8) is 0 Å². The molecule has 0 fully saturated rings. The fraction of sp³-hybridized carbons (Fsp3) is 0.500. The summed E-state index contributed by atoms with van der Waals surface area (Å²) in [7, 11) is 0. The van der Waals surface area contributed by atoms with Crippen molar-refractivity contribution in [2.45, 2.75) is 24.3 Å². The minimum absolute atomic E-state index is 0.176. The minimum Gasteiger partial charge on any atom is -0.395 e. The standard InChI is InChI=1S/C12H17Cl2NOS/c1-2-15-9(8-16)5-6-17-10-3-4-11(13)12(14)7-10/h3-4,7,9,15-16H,2,5-6,8H2,1H3. The number of thioether (sulfide) groups is 1. The summed E-state index contributed by atoms with van der Waals surface area (Å²) >= 11 is 13.5. The van der Waals surface area contributed by atoms with Crippen molar-refractivity contribution >= 4 is 35.0 Å². The molecule has 0 radical (unpaired) electrons. The zero-order valence-electron chi connectivity index (χ0n) is 9.75. The van der Waals surface area contributed by atoms with Gasteiger partial charge in [-0.15, -0.1) is 11.8 Å². The predicted octanol–water partition coefficient (Wildman–Crippen LogP) is 3.45. The van der Waals surface area contributed by atoms with Gasteiger partial charge in [-0.05, 0) is 36.9 Å². The summed E-state index contributed by atoms with van der Waals surface area (Å²) in [5, 5.41) is 13.5. The smallest absolute Gasteiger partial charge is 0.0603 e. The summed E-state index contributed by atoms with van der Waals surface area (Å²) in [4.78, 5) is 1.10. The Morgan fingerprint density at radius 3 is 2.71 bits per heavy atom. The van der Waals surface area contributed by atoms with Gasteiger partial charge in [0.2, 0.25) is 0 Å². The number of nitrogens with one attached hydrogen (secondary N) is 1. The highest BCUT2D eigenvalue weighted by Gasteiger charge is 2.06. The van der Waals surface area contributed by atoms with Gasteiger partial charge in [-0.2, -0.15) is 0 Å². The van der Waals surface area contributed by atoms with Crippen LogP contribution in [0, 0.1) is 0 Å². The molecule has 0 aromatic heterocycles. The van der Waals surface area contributed by atoms with Gasteiger partial charge in [-0.3, -0.25) is 0 Å². The third kappa shape index (κ3) is 5.49. The Balaban J connectivity index is 2.37. The molecule has 5 heteroatoms. The van der Waals surface area contributed by atoms with Crippen molar-refractivity contribution in [1.29, 1.82) is 0 Å². The van der Waals surface area contributed by atoms with Gasteiger partial charge in [-0.25, -0.2) is 0 Å². The number of benzene rings is 1. The van der Waals surface area contributed by atoms with Crippen molar-refractivity contribution in [1.82, 2.24) is 5.32 Å². The average Bonchev–Trinajstić information content (AvgIpc) is 2.32. The Hall–Kier alpha value is 0.0700. The Labute approximate surface area is 117 Å². The third-order valence-corrected chi connectivity index (χ3v) is 4.11. The summed E-state index contributed by atoms with van der Waals surface area (Å²) in [5.74, 6) is 0.941. The zero-order chi connectivity index (χ0) is 12.7. The molecule has 0 aliphatic rings. The lowest BCUT2D eigenvalue weighted by atomic mass is 10.2.